The first-order chi connectivity index (χ1) is 22.3. The van der Waals surface area contributed by atoms with E-state index in [-0.39, 0.29) is 11.9 Å². The van der Waals surface area contributed by atoms with Crippen LogP contribution in [0.5, 0.6) is 0 Å². The molecule has 1 fully saturated rings. The molecule has 0 radical (unpaired) electrons. The number of carbonyl (C=O) groups is 2. The smallest absolute Gasteiger partial charge is 0.308 e. The molecule has 1 aliphatic heterocycles. The second kappa shape index (κ2) is 29.0. The van der Waals surface area contributed by atoms with Gasteiger partial charge in [0.15, 0.2) is 0 Å². The molecule has 1 rings (SSSR count). The summed E-state index contributed by atoms with van der Waals surface area (Å²) in [4.78, 5) is 25.1. The van der Waals surface area contributed by atoms with E-state index in [1.807, 2.05) is 20.8 Å². The van der Waals surface area contributed by atoms with Crippen LogP contribution in [-0.2, 0) is 19.1 Å². The van der Waals surface area contributed by atoms with Crippen molar-refractivity contribution in [1.82, 2.24) is 0 Å². The van der Waals surface area contributed by atoms with Gasteiger partial charge in [0.25, 0.3) is 6.29 Å². The molecule has 4 nitrogen and oxygen atoms in total. The highest BCUT2D eigenvalue weighted by Crippen LogP contribution is 2.47. The Labute approximate surface area is 290 Å². The third-order valence-corrected chi connectivity index (χ3v) is 10.7. The third-order valence-electron chi connectivity index (χ3n) is 9.23. The molecule has 0 aromatic carbocycles. The summed E-state index contributed by atoms with van der Waals surface area (Å²) in [5.74, 6) is -0.506. The monoisotopic (exact) mass is 665 g/mol. The Balaban J connectivity index is 2.02. The quantitative estimate of drug-likeness (QED) is 0.0235. The van der Waals surface area contributed by atoms with Crippen LogP contribution in [0.1, 0.15) is 214 Å². The molecule has 46 heavy (non-hydrogen) atoms. The van der Waals surface area contributed by atoms with Gasteiger partial charge in [0.2, 0.25) is 0 Å². The summed E-state index contributed by atoms with van der Waals surface area (Å²) >= 11 is 2.20. The van der Waals surface area contributed by atoms with E-state index >= 15 is 0 Å². The fraction of sp³-hybridized carbons (Fsp3) is 0.902. The van der Waals surface area contributed by atoms with Crippen molar-refractivity contribution in [2.75, 3.05) is 0 Å². The van der Waals surface area contributed by atoms with Crippen molar-refractivity contribution in [3.63, 3.8) is 0 Å². The van der Waals surface area contributed by atoms with Crippen molar-refractivity contribution in [3.8, 4) is 0 Å². The van der Waals surface area contributed by atoms with Gasteiger partial charge < -0.3 is 9.47 Å². The van der Waals surface area contributed by atoms with Gasteiger partial charge >= 0.3 is 11.9 Å². The summed E-state index contributed by atoms with van der Waals surface area (Å²) in [6.45, 7) is 10.4. The topological polar surface area (TPSA) is 52.6 Å². The number of hydrogen-bond donors (Lipinski definition) is 0. The summed E-state index contributed by atoms with van der Waals surface area (Å²) < 4.78 is 11.3. The summed E-state index contributed by atoms with van der Waals surface area (Å²) in [7, 11) is 0. The fourth-order valence-corrected chi connectivity index (χ4v) is 7.27. The molecule has 0 amide bonds. The van der Waals surface area contributed by atoms with E-state index in [9.17, 15) is 9.59 Å². The molecule has 0 aromatic heterocycles. The highest BCUT2D eigenvalue weighted by Gasteiger charge is 2.36. The lowest BCUT2D eigenvalue weighted by molar-refractivity contribution is -0.207. The predicted octanol–water partition coefficient (Wildman–Crippen LogP) is 13.4. The fourth-order valence-electron chi connectivity index (χ4n) is 6.03. The molecule has 1 heterocycles. The Hall–Kier alpha value is -0.970. The molecular weight excluding hydrogens is 589 g/mol. The van der Waals surface area contributed by atoms with Gasteiger partial charge in [0, 0.05) is 28.8 Å². The van der Waals surface area contributed by atoms with Crippen LogP contribution < -0.4 is 0 Å². The number of esters is 2. The van der Waals surface area contributed by atoms with Gasteiger partial charge in [-0.3, -0.25) is 9.59 Å². The zero-order valence-corrected chi connectivity index (χ0v) is 32.0. The Morgan fingerprint density at radius 2 is 0.891 bits per heavy atom. The molecule has 3 unspecified atom stereocenters. The molecular formula is C41H76O4S. The molecule has 3 atom stereocenters. The highest BCUT2D eigenvalue weighted by molar-refractivity contribution is 8.07. The second-order valence-corrected chi connectivity index (χ2v) is 16.6. The minimum absolute atomic E-state index is 0.249. The molecule has 0 spiro atoms. The molecule has 1 aliphatic rings. The van der Waals surface area contributed by atoms with E-state index < -0.39 is 11.7 Å². The molecule has 0 saturated carbocycles. The van der Waals surface area contributed by atoms with Crippen molar-refractivity contribution in [2.45, 2.75) is 231 Å². The van der Waals surface area contributed by atoms with Crippen molar-refractivity contribution in [3.05, 3.63) is 12.2 Å². The molecule has 270 valence electrons. The van der Waals surface area contributed by atoms with Crippen LogP contribution in [0.4, 0.5) is 0 Å². The van der Waals surface area contributed by atoms with Gasteiger partial charge in [-0.05, 0) is 51.4 Å². The molecule has 0 N–H and O–H groups in total. The molecule has 0 aliphatic carbocycles. The number of rotatable bonds is 32. The van der Waals surface area contributed by atoms with Crippen molar-refractivity contribution >= 4 is 23.7 Å². The summed E-state index contributed by atoms with van der Waals surface area (Å²) in [5, 5.41) is 1.85. The second-order valence-electron chi connectivity index (χ2n) is 15.1. The van der Waals surface area contributed by atoms with Crippen LogP contribution in [0.2, 0.25) is 0 Å². The number of ether oxygens (including phenoxy) is 2. The van der Waals surface area contributed by atoms with Crippen LogP contribution in [0.3, 0.4) is 0 Å². The first-order valence-electron chi connectivity index (χ1n) is 20.0. The maximum atomic E-state index is 12.6. The maximum Gasteiger partial charge on any atom is 0.308 e. The largest absolute Gasteiger partial charge is 0.425 e. The van der Waals surface area contributed by atoms with Gasteiger partial charge in [0.1, 0.15) is 0 Å². The molecule has 5 heteroatoms. The summed E-state index contributed by atoms with van der Waals surface area (Å²) in [6.07, 6.45) is 37.5. The average Bonchev–Trinajstić information content (AvgIpc) is 3.77. The van der Waals surface area contributed by atoms with Crippen LogP contribution in [-0.4, -0.2) is 28.7 Å². The van der Waals surface area contributed by atoms with Crippen LogP contribution >= 0.6 is 11.8 Å². The van der Waals surface area contributed by atoms with Crippen molar-refractivity contribution < 1.29 is 19.1 Å². The van der Waals surface area contributed by atoms with Crippen molar-refractivity contribution in [2.24, 2.45) is 5.41 Å². The lowest BCUT2D eigenvalue weighted by atomic mass is 9.96. The van der Waals surface area contributed by atoms with Crippen molar-refractivity contribution in [1.29, 1.82) is 0 Å². The number of unbranched alkanes of at least 4 members (excludes halogenated alkanes) is 20. The number of hydrogen-bond acceptors (Lipinski definition) is 5. The predicted molar refractivity (Wildman–Crippen MR) is 200 cm³/mol. The molecule has 1 saturated heterocycles. The van der Waals surface area contributed by atoms with Crippen LogP contribution in [0, 0.1) is 5.41 Å². The minimum Gasteiger partial charge on any atom is -0.425 e. The normalized spacial score (nSPS) is 17.0. The Morgan fingerprint density at radius 1 is 0.543 bits per heavy atom. The maximum absolute atomic E-state index is 12.6. The third kappa shape index (κ3) is 26.0. The number of carbonyl (C=O) groups excluding carboxylic acids is 2. The number of thioether (sulfide) groups is 1. The van der Waals surface area contributed by atoms with E-state index in [1.54, 1.807) is 0 Å². The van der Waals surface area contributed by atoms with Crippen LogP contribution in [0.25, 0.3) is 0 Å². The van der Waals surface area contributed by atoms with Gasteiger partial charge in [0.05, 0.1) is 0 Å². The van der Waals surface area contributed by atoms with E-state index in [1.165, 1.54) is 128 Å². The minimum atomic E-state index is -0.823. The van der Waals surface area contributed by atoms with E-state index in [0.717, 1.165) is 49.0 Å². The standard InChI is InChI=1S/C41H76O4S/c1-6-8-10-12-14-15-16-17-18-19-20-21-22-26-30-34-38(42)44-40(41(3,4)5)45-39(43)35-31-27-23-25-29-33-37-36(46-37)32-28-24-13-11-9-7-2/h17-18,36-37,40H,6-16,19-35H2,1-5H3/b18-17-. The van der Waals surface area contributed by atoms with Crippen LogP contribution in [0.15, 0.2) is 12.2 Å². The van der Waals surface area contributed by atoms with Gasteiger partial charge in [-0.1, -0.05) is 162 Å². The number of allylic oxidation sites excluding steroid dienone is 2. The Morgan fingerprint density at radius 3 is 1.28 bits per heavy atom. The first-order valence-corrected chi connectivity index (χ1v) is 20.9. The van der Waals surface area contributed by atoms with E-state index in [4.69, 9.17) is 9.47 Å². The summed E-state index contributed by atoms with van der Waals surface area (Å²) in [5.41, 5.74) is -0.443. The highest BCUT2D eigenvalue weighted by atomic mass is 32.2. The summed E-state index contributed by atoms with van der Waals surface area (Å²) in [6, 6.07) is 0. The Bertz CT molecular complexity index is 758. The Kier molecular flexibility index (Phi) is 27.1. The molecule has 0 aromatic rings. The van der Waals surface area contributed by atoms with Gasteiger partial charge in [-0.25, -0.2) is 0 Å². The zero-order valence-electron chi connectivity index (χ0n) is 31.2. The first kappa shape index (κ1) is 43.1. The lowest BCUT2D eigenvalue weighted by Crippen LogP contribution is -2.36. The SMILES string of the molecule is CCCCCCCC/C=C\CCCCCCCC(=O)OC(OC(=O)CCCCCCCC1SC1CCCCCCCC)C(C)(C)C. The average molecular weight is 665 g/mol. The van der Waals surface area contributed by atoms with E-state index in [0.29, 0.717) is 12.8 Å². The van der Waals surface area contributed by atoms with Gasteiger partial charge in [-0.15, -0.1) is 0 Å². The van der Waals surface area contributed by atoms with E-state index in [2.05, 4.69) is 37.8 Å². The van der Waals surface area contributed by atoms with Gasteiger partial charge in [-0.2, -0.15) is 11.8 Å². The molecule has 0 bridgehead atoms. The lowest BCUT2D eigenvalue weighted by Gasteiger charge is -2.29. The zero-order chi connectivity index (χ0) is 33.7.